The van der Waals surface area contributed by atoms with Gasteiger partial charge in [-0.15, -0.1) is 11.3 Å². The van der Waals surface area contributed by atoms with Crippen LogP contribution in [0.3, 0.4) is 0 Å². The fourth-order valence-electron chi connectivity index (χ4n) is 3.03. The highest BCUT2D eigenvalue weighted by molar-refractivity contribution is 7.99. The average molecular weight is 458 g/mol. The van der Waals surface area contributed by atoms with Crippen molar-refractivity contribution < 1.29 is 13.6 Å². The number of fused-ring (bicyclic) bond motifs is 1. The molecule has 4 rings (SSSR count). The van der Waals surface area contributed by atoms with Gasteiger partial charge in [0.05, 0.1) is 17.0 Å². The van der Waals surface area contributed by atoms with Crippen LogP contribution in [0.2, 0.25) is 0 Å². The number of thioether (sulfide) groups is 1. The van der Waals surface area contributed by atoms with Crippen molar-refractivity contribution in [2.75, 3.05) is 11.1 Å². The van der Waals surface area contributed by atoms with Crippen molar-refractivity contribution in [3.8, 4) is 5.69 Å². The van der Waals surface area contributed by atoms with E-state index in [-0.39, 0.29) is 17.0 Å². The molecule has 0 aliphatic rings. The van der Waals surface area contributed by atoms with Crippen LogP contribution in [0.1, 0.15) is 11.1 Å². The minimum Gasteiger partial charge on any atom is -0.325 e. The molecule has 31 heavy (non-hydrogen) atoms. The third-order valence-electron chi connectivity index (χ3n) is 4.68. The lowest BCUT2D eigenvalue weighted by molar-refractivity contribution is -0.113. The van der Waals surface area contributed by atoms with Gasteiger partial charge in [0.2, 0.25) is 5.91 Å². The summed E-state index contributed by atoms with van der Waals surface area (Å²) in [4.78, 5) is 30.1. The van der Waals surface area contributed by atoms with Gasteiger partial charge in [-0.3, -0.25) is 14.2 Å². The molecule has 0 aliphatic carbocycles. The summed E-state index contributed by atoms with van der Waals surface area (Å²) < 4.78 is 28.7. The molecule has 2 aromatic heterocycles. The van der Waals surface area contributed by atoms with Crippen LogP contribution < -0.4 is 10.9 Å². The molecule has 4 aromatic rings. The Labute approximate surface area is 184 Å². The summed E-state index contributed by atoms with van der Waals surface area (Å²) in [7, 11) is 0. The number of nitrogens with zero attached hydrogens (tertiary/aromatic N) is 2. The lowest BCUT2D eigenvalue weighted by Crippen LogP contribution is -2.22. The van der Waals surface area contributed by atoms with E-state index in [2.05, 4.69) is 10.3 Å². The van der Waals surface area contributed by atoms with E-state index in [0.29, 0.717) is 21.1 Å². The second kappa shape index (κ2) is 8.60. The number of hydrogen-bond donors (Lipinski definition) is 1. The average Bonchev–Trinajstić information content (AvgIpc) is 3.17. The Balaban J connectivity index is 1.65. The van der Waals surface area contributed by atoms with Crippen LogP contribution in [0.5, 0.6) is 0 Å². The lowest BCUT2D eigenvalue weighted by Gasteiger charge is -2.13. The van der Waals surface area contributed by atoms with E-state index in [4.69, 9.17) is 0 Å². The smallest absolute Gasteiger partial charge is 0.276 e. The Morgan fingerprint density at radius 3 is 2.55 bits per heavy atom. The van der Waals surface area contributed by atoms with Crippen molar-refractivity contribution in [1.29, 1.82) is 0 Å². The molecule has 2 aromatic carbocycles. The second-order valence-electron chi connectivity index (χ2n) is 6.93. The fourth-order valence-corrected chi connectivity index (χ4v) is 4.61. The number of rotatable bonds is 5. The fraction of sp³-hybridized carbons (Fsp3) is 0.136. The van der Waals surface area contributed by atoms with Crippen LogP contribution in [-0.4, -0.2) is 21.2 Å². The molecular formula is C22H17F2N3O2S2. The minimum absolute atomic E-state index is 0.0240. The number of thiophene rings is 1. The van der Waals surface area contributed by atoms with Crippen molar-refractivity contribution in [3.05, 3.63) is 81.0 Å². The third-order valence-corrected chi connectivity index (χ3v) is 6.51. The summed E-state index contributed by atoms with van der Waals surface area (Å²) in [6, 6.07) is 10.2. The van der Waals surface area contributed by atoms with Gasteiger partial charge in [0.1, 0.15) is 16.3 Å². The Morgan fingerprint density at radius 1 is 1.10 bits per heavy atom. The number of aromatic nitrogens is 2. The Kier molecular flexibility index (Phi) is 5.88. The summed E-state index contributed by atoms with van der Waals surface area (Å²) >= 11 is 2.39. The van der Waals surface area contributed by atoms with E-state index >= 15 is 0 Å². The van der Waals surface area contributed by atoms with Crippen molar-refractivity contribution in [2.24, 2.45) is 0 Å². The zero-order chi connectivity index (χ0) is 22.1. The molecule has 0 atom stereocenters. The number of amides is 1. The molecule has 1 amide bonds. The van der Waals surface area contributed by atoms with Gasteiger partial charge < -0.3 is 5.32 Å². The first kappa shape index (κ1) is 21.2. The first-order valence-electron chi connectivity index (χ1n) is 9.28. The van der Waals surface area contributed by atoms with Crippen LogP contribution in [-0.2, 0) is 4.79 Å². The van der Waals surface area contributed by atoms with Crippen LogP contribution in [0.4, 0.5) is 14.5 Å². The van der Waals surface area contributed by atoms with Gasteiger partial charge in [-0.05, 0) is 60.7 Å². The lowest BCUT2D eigenvalue weighted by atomic mass is 10.1. The number of aryl methyl sites for hydroxylation is 2. The predicted molar refractivity (Wildman–Crippen MR) is 120 cm³/mol. The Hall–Kier alpha value is -3.04. The third kappa shape index (κ3) is 4.52. The summed E-state index contributed by atoms with van der Waals surface area (Å²) in [6.07, 6.45) is 0. The number of hydrogen-bond acceptors (Lipinski definition) is 5. The van der Waals surface area contributed by atoms with Gasteiger partial charge in [-0.25, -0.2) is 13.8 Å². The zero-order valence-electron chi connectivity index (χ0n) is 16.6. The second-order valence-corrected chi connectivity index (χ2v) is 8.79. The van der Waals surface area contributed by atoms with Crippen LogP contribution in [0.15, 0.2) is 57.8 Å². The molecule has 9 heteroatoms. The molecule has 0 bridgehead atoms. The summed E-state index contributed by atoms with van der Waals surface area (Å²) in [6.45, 7) is 3.94. The molecule has 1 N–H and O–H groups in total. The van der Waals surface area contributed by atoms with Crippen LogP contribution in [0, 0.1) is 25.5 Å². The first-order chi connectivity index (χ1) is 14.8. The summed E-state index contributed by atoms with van der Waals surface area (Å²) in [5.74, 6) is -2.13. The van der Waals surface area contributed by atoms with Crippen molar-refractivity contribution >= 4 is 44.9 Å². The van der Waals surface area contributed by atoms with Crippen LogP contribution >= 0.6 is 23.1 Å². The molecule has 0 saturated heterocycles. The highest BCUT2D eigenvalue weighted by Gasteiger charge is 2.16. The van der Waals surface area contributed by atoms with E-state index in [0.717, 1.165) is 41.1 Å². The molecule has 158 valence electrons. The van der Waals surface area contributed by atoms with Crippen LogP contribution in [0.25, 0.3) is 15.9 Å². The normalized spacial score (nSPS) is 11.1. The van der Waals surface area contributed by atoms with Gasteiger partial charge in [-0.1, -0.05) is 17.8 Å². The standard InChI is InChI=1S/C22H17F2N3O2S2/c1-12-3-4-17(7-13(12)2)27-21(29)20-18(5-6-30-20)26-22(27)31-11-19(28)25-16-9-14(23)8-15(24)10-16/h3-10H,11H2,1-2H3,(H,25,28). The number of benzene rings is 2. The molecule has 0 aliphatic heterocycles. The minimum atomic E-state index is -0.781. The highest BCUT2D eigenvalue weighted by atomic mass is 32.2. The number of nitrogens with one attached hydrogen (secondary N) is 1. The van der Waals surface area contributed by atoms with Gasteiger partial charge in [0, 0.05) is 11.8 Å². The monoisotopic (exact) mass is 457 g/mol. The Bertz CT molecular complexity index is 1340. The van der Waals surface area contributed by atoms with Gasteiger partial charge >= 0.3 is 0 Å². The number of carbonyl (C=O) groups excluding carboxylic acids is 1. The summed E-state index contributed by atoms with van der Waals surface area (Å²) in [5.41, 5.74) is 3.15. The van der Waals surface area contributed by atoms with Crippen molar-refractivity contribution in [1.82, 2.24) is 9.55 Å². The molecule has 0 unspecified atom stereocenters. The maximum absolute atomic E-state index is 13.3. The number of halogens is 2. The SMILES string of the molecule is Cc1ccc(-n2c(SCC(=O)Nc3cc(F)cc(F)c3)nc3ccsc3c2=O)cc1C. The van der Waals surface area contributed by atoms with Gasteiger partial charge in [-0.2, -0.15) is 0 Å². The number of anilines is 1. The quantitative estimate of drug-likeness (QED) is 0.336. The van der Waals surface area contributed by atoms with Gasteiger partial charge in [0.25, 0.3) is 5.56 Å². The Morgan fingerprint density at radius 2 is 1.84 bits per heavy atom. The van der Waals surface area contributed by atoms with Gasteiger partial charge in [0.15, 0.2) is 5.16 Å². The number of carbonyl (C=O) groups is 1. The molecule has 0 spiro atoms. The maximum atomic E-state index is 13.3. The van der Waals surface area contributed by atoms with E-state index < -0.39 is 17.5 Å². The maximum Gasteiger partial charge on any atom is 0.276 e. The largest absolute Gasteiger partial charge is 0.325 e. The topological polar surface area (TPSA) is 64.0 Å². The van der Waals surface area contributed by atoms with E-state index in [9.17, 15) is 18.4 Å². The molecule has 0 radical (unpaired) electrons. The summed E-state index contributed by atoms with van der Waals surface area (Å²) in [5, 5.41) is 4.62. The molecule has 2 heterocycles. The van der Waals surface area contributed by atoms with Crippen molar-refractivity contribution in [3.63, 3.8) is 0 Å². The zero-order valence-corrected chi connectivity index (χ0v) is 18.2. The molecular weight excluding hydrogens is 440 g/mol. The molecule has 5 nitrogen and oxygen atoms in total. The van der Waals surface area contributed by atoms with E-state index in [1.54, 1.807) is 11.4 Å². The van der Waals surface area contributed by atoms with Crippen molar-refractivity contribution in [2.45, 2.75) is 19.0 Å². The van der Waals surface area contributed by atoms with E-state index in [1.807, 2.05) is 32.0 Å². The highest BCUT2D eigenvalue weighted by Crippen LogP contribution is 2.25. The molecule has 0 fully saturated rings. The first-order valence-corrected chi connectivity index (χ1v) is 11.1. The molecule has 0 saturated carbocycles. The predicted octanol–water partition coefficient (Wildman–Crippen LogP) is 5.07. The van der Waals surface area contributed by atoms with E-state index in [1.165, 1.54) is 15.9 Å².